The number of rotatable bonds is 5. The molecule has 1 unspecified atom stereocenters. The Kier molecular flexibility index (Phi) is 5.78. The Labute approximate surface area is 201 Å². The Morgan fingerprint density at radius 2 is 1.83 bits per heavy atom. The molecule has 0 spiro atoms. The molecule has 5 rings (SSSR count). The zero-order chi connectivity index (χ0) is 24.5. The Hall–Kier alpha value is -4.46. The van der Waals surface area contributed by atoms with E-state index in [0.29, 0.717) is 34.1 Å². The largest absolute Gasteiger partial charge is 0.497 e. The number of amides is 2. The molecule has 2 amide bonds. The predicted octanol–water partition coefficient (Wildman–Crippen LogP) is 5.89. The summed E-state index contributed by atoms with van der Waals surface area (Å²) in [7, 11) is 1.59. The van der Waals surface area contributed by atoms with E-state index < -0.39 is 6.04 Å². The molecule has 8 heteroatoms. The molecule has 0 radical (unpaired) electrons. The van der Waals surface area contributed by atoms with E-state index in [-0.39, 0.29) is 17.7 Å². The van der Waals surface area contributed by atoms with Crippen molar-refractivity contribution in [3.8, 4) is 17.1 Å². The second kappa shape index (κ2) is 9.06. The minimum absolute atomic E-state index is 0.276. The number of halogens is 1. The summed E-state index contributed by atoms with van der Waals surface area (Å²) in [4.78, 5) is 19.4. The van der Waals surface area contributed by atoms with Gasteiger partial charge < -0.3 is 14.6 Å². The molecule has 0 saturated carbocycles. The number of carbonyl (C=O) groups excluding carboxylic acids is 1. The normalized spacial score (nSPS) is 15.8. The topological polar surface area (TPSA) is 80.5 Å². The number of nitrogens with zero attached hydrogens (tertiary/aromatic N) is 3. The molecule has 4 aromatic rings. The first-order valence-electron chi connectivity index (χ1n) is 11.1. The van der Waals surface area contributed by atoms with Crippen molar-refractivity contribution in [2.24, 2.45) is 0 Å². The number of hydrogen-bond donors (Lipinski definition) is 1. The molecule has 3 aromatic carbocycles. The van der Waals surface area contributed by atoms with Crippen LogP contribution < -0.4 is 15.0 Å². The van der Waals surface area contributed by atoms with Crippen LogP contribution in [0.4, 0.5) is 14.9 Å². The number of hydrogen-bond acceptors (Lipinski definition) is 5. The first-order valence-corrected chi connectivity index (χ1v) is 11.1. The molecule has 1 N–H and O–H groups in total. The first-order chi connectivity index (χ1) is 17.0. The number of benzene rings is 3. The number of allylic oxidation sites excluding steroid dienone is 1. The fourth-order valence-electron chi connectivity index (χ4n) is 4.21. The molecular formula is C27H23FN4O3. The molecule has 1 aromatic heterocycles. The maximum atomic E-state index is 13.9. The Bertz CT molecular complexity index is 1430. The van der Waals surface area contributed by atoms with Gasteiger partial charge in [0.2, 0.25) is 5.82 Å². The summed E-state index contributed by atoms with van der Waals surface area (Å²) in [6, 6.07) is 20.6. The van der Waals surface area contributed by atoms with Crippen molar-refractivity contribution in [1.29, 1.82) is 0 Å². The number of aryl methyl sites for hydroxylation is 1. The first kappa shape index (κ1) is 22.3. The Balaban J connectivity index is 1.65. The van der Waals surface area contributed by atoms with E-state index in [9.17, 15) is 9.18 Å². The third kappa shape index (κ3) is 4.14. The smallest absolute Gasteiger partial charge is 0.326 e. The van der Waals surface area contributed by atoms with Crippen LogP contribution in [0.25, 0.3) is 17.0 Å². The van der Waals surface area contributed by atoms with Crippen LogP contribution in [0, 0.1) is 12.7 Å². The van der Waals surface area contributed by atoms with Gasteiger partial charge in [-0.25, -0.2) is 9.18 Å². The van der Waals surface area contributed by atoms with Gasteiger partial charge in [0.05, 0.1) is 24.4 Å². The lowest BCUT2D eigenvalue weighted by Gasteiger charge is -2.35. The summed E-state index contributed by atoms with van der Waals surface area (Å²) in [5, 5.41) is 7.23. The zero-order valence-electron chi connectivity index (χ0n) is 19.4. The number of anilines is 1. The fraction of sp³-hybridized carbons (Fsp3) is 0.148. The molecule has 2 heterocycles. The van der Waals surface area contributed by atoms with Crippen LogP contribution in [0.5, 0.6) is 5.75 Å². The summed E-state index contributed by atoms with van der Waals surface area (Å²) in [6.45, 7) is 3.48. The van der Waals surface area contributed by atoms with Crippen LogP contribution in [0.1, 0.15) is 30.0 Å². The predicted molar refractivity (Wildman–Crippen MR) is 130 cm³/mol. The molecule has 7 nitrogen and oxygen atoms in total. The maximum absolute atomic E-state index is 13.9. The van der Waals surface area contributed by atoms with Gasteiger partial charge in [-0.15, -0.1) is 0 Å². The van der Waals surface area contributed by atoms with Crippen molar-refractivity contribution in [3.05, 3.63) is 101 Å². The van der Waals surface area contributed by atoms with Gasteiger partial charge in [0.25, 0.3) is 5.89 Å². The minimum Gasteiger partial charge on any atom is -0.497 e. The minimum atomic E-state index is -0.514. The molecule has 35 heavy (non-hydrogen) atoms. The van der Waals surface area contributed by atoms with Crippen molar-refractivity contribution in [3.63, 3.8) is 0 Å². The monoisotopic (exact) mass is 470 g/mol. The quantitative estimate of drug-likeness (QED) is 0.393. The van der Waals surface area contributed by atoms with E-state index in [1.165, 1.54) is 11.0 Å². The number of methoxy groups -OCH3 is 1. The van der Waals surface area contributed by atoms with E-state index in [1.807, 2.05) is 61.5 Å². The van der Waals surface area contributed by atoms with E-state index in [2.05, 4.69) is 15.5 Å². The molecule has 1 aliphatic heterocycles. The average Bonchev–Trinajstić information content (AvgIpc) is 3.36. The van der Waals surface area contributed by atoms with Gasteiger partial charge >= 0.3 is 6.03 Å². The maximum Gasteiger partial charge on any atom is 0.326 e. The van der Waals surface area contributed by atoms with Gasteiger partial charge in [-0.05, 0) is 55.3 Å². The lowest BCUT2D eigenvalue weighted by Crippen LogP contribution is -2.46. The van der Waals surface area contributed by atoms with Crippen LogP contribution >= 0.6 is 0 Å². The van der Waals surface area contributed by atoms with E-state index in [1.54, 1.807) is 26.2 Å². The number of urea groups is 1. The molecule has 0 fully saturated rings. The summed E-state index contributed by atoms with van der Waals surface area (Å²) >= 11 is 0. The molecule has 1 aliphatic rings. The third-order valence-electron chi connectivity index (χ3n) is 6.00. The van der Waals surface area contributed by atoms with Gasteiger partial charge in [-0.2, -0.15) is 4.98 Å². The van der Waals surface area contributed by atoms with Crippen molar-refractivity contribution in [1.82, 2.24) is 15.5 Å². The second-order valence-electron chi connectivity index (χ2n) is 8.22. The molecule has 1 atom stereocenters. The lowest BCUT2D eigenvalue weighted by atomic mass is 9.94. The zero-order valence-corrected chi connectivity index (χ0v) is 19.4. The summed E-state index contributed by atoms with van der Waals surface area (Å²) in [6.07, 6.45) is 0. The van der Waals surface area contributed by atoms with Crippen molar-refractivity contribution in [2.75, 3.05) is 12.0 Å². The van der Waals surface area contributed by atoms with Gasteiger partial charge in [0, 0.05) is 11.3 Å². The van der Waals surface area contributed by atoms with Crippen LogP contribution in [-0.4, -0.2) is 23.3 Å². The van der Waals surface area contributed by atoms with Crippen LogP contribution in [0.2, 0.25) is 0 Å². The van der Waals surface area contributed by atoms with Crippen LogP contribution in [0.3, 0.4) is 0 Å². The SMILES string of the molecule is COc1cccc(-c2noc(C3=C(C)N(c4ccc(F)c(C)c4)C(=O)NC3c3ccccc3)n2)c1. The summed E-state index contributed by atoms with van der Waals surface area (Å²) in [5.41, 5.74) is 3.84. The van der Waals surface area contributed by atoms with Gasteiger partial charge in [0.1, 0.15) is 11.6 Å². The van der Waals surface area contributed by atoms with E-state index in [4.69, 9.17) is 9.26 Å². The highest BCUT2D eigenvalue weighted by Gasteiger charge is 2.36. The lowest BCUT2D eigenvalue weighted by molar-refractivity contribution is 0.244. The molecule has 176 valence electrons. The van der Waals surface area contributed by atoms with Gasteiger partial charge in [-0.1, -0.05) is 47.6 Å². The van der Waals surface area contributed by atoms with Crippen molar-refractivity contribution in [2.45, 2.75) is 19.9 Å². The Morgan fingerprint density at radius 3 is 2.57 bits per heavy atom. The second-order valence-corrected chi connectivity index (χ2v) is 8.22. The highest BCUT2D eigenvalue weighted by molar-refractivity contribution is 6.01. The number of carbonyl (C=O) groups is 1. The highest BCUT2D eigenvalue weighted by Crippen LogP contribution is 2.39. The highest BCUT2D eigenvalue weighted by atomic mass is 19.1. The molecule has 0 bridgehead atoms. The summed E-state index contributed by atoms with van der Waals surface area (Å²) in [5.74, 6) is 1.01. The van der Waals surface area contributed by atoms with Crippen LogP contribution in [-0.2, 0) is 0 Å². The third-order valence-corrected chi connectivity index (χ3v) is 6.00. The Morgan fingerprint density at radius 1 is 1.03 bits per heavy atom. The average molecular weight is 471 g/mol. The standard InChI is InChI=1S/C27H23FN4O3/c1-16-14-20(12-13-22(16)28)32-17(2)23(24(29-27(32)33)18-8-5-4-6-9-18)26-30-25(31-35-26)19-10-7-11-21(15-19)34-3/h4-15,24H,1-3H3,(H,29,33). The van der Waals surface area contributed by atoms with Gasteiger partial charge in [-0.3, -0.25) is 4.90 Å². The van der Waals surface area contributed by atoms with E-state index in [0.717, 1.165) is 11.1 Å². The molecule has 0 aliphatic carbocycles. The van der Waals surface area contributed by atoms with Crippen LogP contribution in [0.15, 0.2) is 83.0 Å². The summed E-state index contributed by atoms with van der Waals surface area (Å²) < 4.78 is 25.0. The number of aromatic nitrogens is 2. The van der Waals surface area contributed by atoms with E-state index >= 15 is 0 Å². The van der Waals surface area contributed by atoms with Gasteiger partial charge in [0.15, 0.2) is 0 Å². The van der Waals surface area contributed by atoms with Crippen molar-refractivity contribution >= 4 is 17.3 Å². The molecular weight excluding hydrogens is 447 g/mol. The number of ether oxygens (including phenoxy) is 1. The fourth-order valence-corrected chi connectivity index (χ4v) is 4.21. The molecule has 0 saturated heterocycles. The van der Waals surface area contributed by atoms with Crippen molar-refractivity contribution < 1.29 is 18.4 Å². The number of nitrogens with one attached hydrogen (secondary N) is 1.